The molecule has 0 unspecified atom stereocenters. The molecule has 1 atom stereocenters. The summed E-state index contributed by atoms with van der Waals surface area (Å²) in [4.78, 5) is 25.4. The fraction of sp³-hybridized carbons (Fsp3) is 0.556. The summed E-state index contributed by atoms with van der Waals surface area (Å²) in [5, 5.41) is 0. The monoisotopic (exact) mass is 335 g/mol. The summed E-state index contributed by atoms with van der Waals surface area (Å²) in [6.45, 7) is 6.25. The van der Waals surface area contributed by atoms with Crippen LogP contribution in [0.25, 0.3) is 0 Å². The van der Waals surface area contributed by atoms with Crippen LogP contribution in [0.1, 0.15) is 32.8 Å². The lowest BCUT2D eigenvalue weighted by atomic mass is 10.2. The van der Waals surface area contributed by atoms with E-state index in [1.165, 1.54) is 4.90 Å². The zero-order chi connectivity index (χ0) is 17.6. The molecule has 0 spiro atoms. The third-order valence-corrected chi connectivity index (χ3v) is 3.42. The van der Waals surface area contributed by atoms with E-state index in [-0.39, 0.29) is 32.0 Å². The Labute approximate surface area is 142 Å². The van der Waals surface area contributed by atoms with Crippen LogP contribution < -0.4 is 0 Å². The molecule has 0 radical (unpaired) electrons. The first-order chi connectivity index (χ1) is 11.3. The number of hydrogen-bond donors (Lipinski definition) is 0. The molecule has 1 aromatic carbocycles. The molecule has 132 valence electrons. The molecule has 2 rings (SSSR count). The van der Waals surface area contributed by atoms with Crippen LogP contribution in [0.15, 0.2) is 30.3 Å². The summed E-state index contributed by atoms with van der Waals surface area (Å²) in [7, 11) is 0. The van der Waals surface area contributed by atoms with Gasteiger partial charge in [-0.05, 0) is 26.3 Å². The van der Waals surface area contributed by atoms with Crippen LogP contribution in [-0.2, 0) is 25.6 Å². The Morgan fingerprint density at radius 1 is 1.29 bits per heavy atom. The van der Waals surface area contributed by atoms with Gasteiger partial charge in [0.1, 0.15) is 12.2 Å². The average molecular weight is 335 g/mol. The number of benzene rings is 1. The third-order valence-electron chi connectivity index (χ3n) is 3.42. The van der Waals surface area contributed by atoms with Crippen molar-refractivity contribution in [3.05, 3.63) is 35.9 Å². The van der Waals surface area contributed by atoms with E-state index in [0.717, 1.165) is 5.56 Å². The first-order valence-electron chi connectivity index (χ1n) is 8.10. The summed E-state index contributed by atoms with van der Waals surface area (Å²) >= 11 is 0. The summed E-state index contributed by atoms with van der Waals surface area (Å²) < 4.78 is 16.6. The Balaban J connectivity index is 1.96. The maximum atomic E-state index is 12.4. The van der Waals surface area contributed by atoms with E-state index in [1.54, 1.807) is 20.8 Å². The van der Waals surface area contributed by atoms with Gasteiger partial charge >= 0.3 is 6.09 Å². The summed E-state index contributed by atoms with van der Waals surface area (Å²) in [6.07, 6.45) is -0.866. The third kappa shape index (κ3) is 5.94. The molecule has 1 fully saturated rings. The number of rotatable bonds is 4. The number of amides is 1. The lowest BCUT2D eigenvalue weighted by Crippen LogP contribution is -2.46. The number of ketones is 1. The highest BCUT2D eigenvalue weighted by Crippen LogP contribution is 2.16. The molecule has 0 aliphatic carbocycles. The van der Waals surface area contributed by atoms with Crippen LogP contribution in [0.2, 0.25) is 0 Å². The summed E-state index contributed by atoms with van der Waals surface area (Å²) in [5.41, 5.74) is 0.425. The molecule has 1 heterocycles. The van der Waals surface area contributed by atoms with Gasteiger partial charge in [-0.2, -0.15) is 0 Å². The Bertz CT molecular complexity index is 552. The summed E-state index contributed by atoms with van der Waals surface area (Å²) in [6, 6.07) is 9.74. The lowest BCUT2D eigenvalue weighted by molar-refractivity contribution is -0.129. The molecule has 1 amide bonds. The second kappa shape index (κ2) is 8.26. The molecule has 6 heteroatoms. The Hall–Kier alpha value is -1.92. The van der Waals surface area contributed by atoms with Gasteiger partial charge in [-0.1, -0.05) is 30.3 Å². The van der Waals surface area contributed by atoms with Crippen molar-refractivity contribution in [3.63, 3.8) is 0 Å². The second-order valence-corrected chi connectivity index (χ2v) is 6.73. The average Bonchev–Trinajstić information content (AvgIpc) is 2.69. The Morgan fingerprint density at radius 3 is 2.67 bits per heavy atom. The molecule has 1 aromatic rings. The van der Waals surface area contributed by atoms with Gasteiger partial charge < -0.3 is 14.2 Å². The zero-order valence-electron chi connectivity index (χ0n) is 14.5. The van der Waals surface area contributed by atoms with Crippen molar-refractivity contribution >= 4 is 11.9 Å². The summed E-state index contributed by atoms with van der Waals surface area (Å²) in [5.74, 6) is -0.0332. The predicted octanol–water partition coefficient (Wildman–Crippen LogP) is 2.76. The van der Waals surface area contributed by atoms with Crippen LogP contribution in [0.5, 0.6) is 0 Å². The smallest absolute Gasteiger partial charge is 0.412 e. The number of carbonyl (C=O) groups excluding carboxylic acids is 2. The van der Waals surface area contributed by atoms with Crippen LogP contribution >= 0.6 is 0 Å². The van der Waals surface area contributed by atoms with Gasteiger partial charge in [0.2, 0.25) is 0 Å². The van der Waals surface area contributed by atoms with E-state index in [4.69, 9.17) is 14.2 Å². The number of ether oxygens (including phenoxy) is 3. The molecule has 1 aliphatic heterocycles. The molecule has 0 bridgehead atoms. The maximum absolute atomic E-state index is 12.4. The van der Waals surface area contributed by atoms with Crippen LogP contribution in [-0.4, -0.2) is 48.4 Å². The van der Waals surface area contributed by atoms with Gasteiger partial charge in [0.15, 0.2) is 12.0 Å². The molecule has 1 aliphatic rings. The fourth-order valence-corrected chi connectivity index (χ4v) is 2.26. The number of carbonyl (C=O) groups is 2. The molecule has 0 aromatic heterocycles. The van der Waals surface area contributed by atoms with Crippen molar-refractivity contribution in [2.24, 2.45) is 0 Å². The van der Waals surface area contributed by atoms with Crippen molar-refractivity contribution in [1.29, 1.82) is 0 Å². The maximum Gasteiger partial charge on any atom is 0.412 e. The normalized spacial score (nSPS) is 19.0. The highest BCUT2D eigenvalue weighted by Gasteiger charge is 2.32. The number of Topliss-reactive ketones (excluding diaryl/α,β-unsaturated/α-hetero) is 1. The van der Waals surface area contributed by atoms with Gasteiger partial charge in [-0.3, -0.25) is 9.69 Å². The van der Waals surface area contributed by atoms with Crippen LogP contribution in [0.3, 0.4) is 0 Å². The Morgan fingerprint density at radius 2 is 2.00 bits per heavy atom. The van der Waals surface area contributed by atoms with E-state index in [2.05, 4.69) is 0 Å². The van der Waals surface area contributed by atoms with E-state index in [1.807, 2.05) is 30.3 Å². The van der Waals surface area contributed by atoms with Crippen LogP contribution in [0, 0.1) is 0 Å². The van der Waals surface area contributed by atoms with Gasteiger partial charge in [0.05, 0.1) is 13.2 Å². The van der Waals surface area contributed by atoms with Crippen molar-refractivity contribution < 1.29 is 23.8 Å². The minimum atomic E-state index is -0.630. The van der Waals surface area contributed by atoms with Gasteiger partial charge in [0.25, 0.3) is 0 Å². The lowest BCUT2D eigenvalue weighted by Gasteiger charge is -2.31. The van der Waals surface area contributed by atoms with E-state index in [9.17, 15) is 9.59 Å². The molecule has 0 saturated carbocycles. The quantitative estimate of drug-likeness (QED) is 0.846. The molecular weight excluding hydrogens is 310 g/mol. The molecule has 0 N–H and O–H groups in total. The molecule has 6 nitrogen and oxygen atoms in total. The number of hydrogen-bond acceptors (Lipinski definition) is 5. The predicted molar refractivity (Wildman–Crippen MR) is 88.4 cm³/mol. The molecule has 24 heavy (non-hydrogen) atoms. The fourth-order valence-electron chi connectivity index (χ4n) is 2.26. The van der Waals surface area contributed by atoms with Gasteiger partial charge in [-0.25, -0.2) is 4.79 Å². The first-order valence-corrected chi connectivity index (χ1v) is 8.10. The molecular formula is C18H25NO5. The first kappa shape index (κ1) is 18.4. The standard InChI is InChI=1S/C18H25NO5/c1-18(2,3)24-17(21)19-10-9-15(20)12-23-16(19)13-22-11-14-7-5-4-6-8-14/h4-8,16H,9-13H2,1-3H3/t16-/m1/s1. The zero-order valence-corrected chi connectivity index (χ0v) is 14.5. The van der Waals surface area contributed by atoms with Gasteiger partial charge in [-0.15, -0.1) is 0 Å². The van der Waals surface area contributed by atoms with E-state index < -0.39 is 17.9 Å². The van der Waals surface area contributed by atoms with E-state index in [0.29, 0.717) is 6.61 Å². The van der Waals surface area contributed by atoms with Crippen molar-refractivity contribution in [3.8, 4) is 0 Å². The topological polar surface area (TPSA) is 65.1 Å². The van der Waals surface area contributed by atoms with Crippen molar-refractivity contribution in [2.75, 3.05) is 19.8 Å². The Kier molecular flexibility index (Phi) is 6.34. The minimum absolute atomic E-state index is 0.0152. The number of nitrogens with zero attached hydrogens (tertiary/aromatic N) is 1. The van der Waals surface area contributed by atoms with Crippen molar-refractivity contribution in [1.82, 2.24) is 4.90 Å². The minimum Gasteiger partial charge on any atom is -0.444 e. The van der Waals surface area contributed by atoms with Crippen LogP contribution in [0.4, 0.5) is 4.79 Å². The second-order valence-electron chi connectivity index (χ2n) is 6.73. The van der Waals surface area contributed by atoms with Crippen molar-refractivity contribution in [2.45, 2.75) is 45.6 Å². The SMILES string of the molecule is CC(C)(C)OC(=O)N1CCC(=O)CO[C@@H]1COCc1ccccc1. The van der Waals surface area contributed by atoms with E-state index >= 15 is 0 Å². The highest BCUT2D eigenvalue weighted by atomic mass is 16.6. The highest BCUT2D eigenvalue weighted by molar-refractivity contribution is 5.81. The largest absolute Gasteiger partial charge is 0.444 e. The van der Waals surface area contributed by atoms with Gasteiger partial charge in [0, 0.05) is 13.0 Å². The molecule has 1 saturated heterocycles.